The van der Waals surface area contributed by atoms with Crippen molar-refractivity contribution in [1.29, 1.82) is 0 Å². The van der Waals surface area contributed by atoms with E-state index < -0.39 is 22.8 Å². The molecule has 0 saturated heterocycles. The first-order chi connectivity index (χ1) is 7.30. The molecule has 2 N–H and O–H groups in total. The number of carbonyl (C=O) groups is 1. The standard InChI is InChI=1S/C9H6ClF3N2O/c10-8-6(9(11,12)13)3-5(4-15-8)1-2-7(14)16/h1-4H,(H2,14,16). The fourth-order valence-electron chi connectivity index (χ4n) is 0.933. The molecular formula is C9H6ClF3N2O. The van der Waals surface area contributed by atoms with Crippen molar-refractivity contribution >= 4 is 23.6 Å². The Morgan fingerprint density at radius 1 is 1.50 bits per heavy atom. The number of hydrogen-bond donors (Lipinski definition) is 1. The summed E-state index contributed by atoms with van der Waals surface area (Å²) < 4.78 is 37.2. The first-order valence-corrected chi connectivity index (χ1v) is 4.39. The predicted octanol–water partition coefficient (Wildman–Crippen LogP) is 2.25. The molecule has 0 aliphatic heterocycles. The Bertz CT molecular complexity index is 443. The normalized spacial score (nSPS) is 12.0. The molecule has 16 heavy (non-hydrogen) atoms. The van der Waals surface area contributed by atoms with Gasteiger partial charge in [0.2, 0.25) is 5.91 Å². The van der Waals surface area contributed by atoms with E-state index >= 15 is 0 Å². The number of aromatic nitrogens is 1. The molecule has 0 spiro atoms. The average Bonchev–Trinajstić information content (AvgIpc) is 2.14. The summed E-state index contributed by atoms with van der Waals surface area (Å²) in [7, 11) is 0. The molecule has 1 rings (SSSR count). The van der Waals surface area contributed by atoms with Gasteiger partial charge in [-0.3, -0.25) is 4.79 Å². The third-order valence-electron chi connectivity index (χ3n) is 1.61. The molecule has 1 heterocycles. The highest BCUT2D eigenvalue weighted by Crippen LogP contribution is 2.34. The van der Waals surface area contributed by atoms with E-state index in [-0.39, 0.29) is 5.56 Å². The molecule has 0 saturated carbocycles. The highest BCUT2D eigenvalue weighted by atomic mass is 35.5. The number of hydrogen-bond acceptors (Lipinski definition) is 2. The van der Waals surface area contributed by atoms with Crippen molar-refractivity contribution in [3.8, 4) is 0 Å². The van der Waals surface area contributed by atoms with Gasteiger partial charge in [0.05, 0.1) is 5.56 Å². The number of amides is 1. The molecule has 1 amide bonds. The van der Waals surface area contributed by atoms with Crippen LogP contribution in [0.15, 0.2) is 18.3 Å². The van der Waals surface area contributed by atoms with Crippen molar-refractivity contribution in [2.24, 2.45) is 5.73 Å². The van der Waals surface area contributed by atoms with Crippen molar-refractivity contribution in [2.45, 2.75) is 6.18 Å². The molecule has 0 fully saturated rings. The molecule has 0 aliphatic rings. The van der Waals surface area contributed by atoms with Gasteiger partial charge < -0.3 is 5.73 Å². The van der Waals surface area contributed by atoms with Gasteiger partial charge in [0.25, 0.3) is 0 Å². The van der Waals surface area contributed by atoms with Crippen molar-refractivity contribution in [1.82, 2.24) is 4.98 Å². The zero-order chi connectivity index (χ0) is 12.3. The molecule has 0 bridgehead atoms. The monoisotopic (exact) mass is 250 g/mol. The number of nitrogens with two attached hydrogens (primary N) is 1. The first-order valence-electron chi connectivity index (χ1n) is 4.01. The summed E-state index contributed by atoms with van der Waals surface area (Å²) in [4.78, 5) is 13.8. The van der Waals surface area contributed by atoms with Gasteiger partial charge in [-0.05, 0) is 17.7 Å². The van der Waals surface area contributed by atoms with E-state index in [0.29, 0.717) is 0 Å². The van der Waals surface area contributed by atoms with Crippen LogP contribution < -0.4 is 5.73 Å². The highest BCUT2D eigenvalue weighted by molar-refractivity contribution is 6.30. The van der Waals surface area contributed by atoms with E-state index in [1.54, 1.807) is 0 Å². The Kier molecular flexibility index (Phi) is 3.54. The number of carbonyl (C=O) groups excluding carboxylic acids is 1. The lowest BCUT2D eigenvalue weighted by molar-refractivity contribution is -0.137. The molecular weight excluding hydrogens is 245 g/mol. The van der Waals surface area contributed by atoms with Gasteiger partial charge in [0, 0.05) is 12.3 Å². The summed E-state index contributed by atoms with van der Waals surface area (Å²) in [5.74, 6) is -0.761. The van der Waals surface area contributed by atoms with E-state index in [4.69, 9.17) is 17.3 Å². The maximum absolute atomic E-state index is 12.4. The number of halogens is 4. The fraction of sp³-hybridized carbons (Fsp3) is 0.111. The Labute approximate surface area is 93.7 Å². The third-order valence-corrected chi connectivity index (χ3v) is 1.91. The second kappa shape index (κ2) is 4.52. The molecule has 0 aliphatic carbocycles. The van der Waals surface area contributed by atoms with E-state index in [0.717, 1.165) is 24.4 Å². The molecule has 7 heteroatoms. The van der Waals surface area contributed by atoms with E-state index in [1.165, 1.54) is 0 Å². The van der Waals surface area contributed by atoms with Crippen LogP contribution >= 0.6 is 11.6 Å². The number of pyridine rings is 1. The minimum atomic E-state index is -4.58. The van der Waals surface area contributed by atoms with Gasteiger partial charge in [-0.15, -0.1) is 0 Å². The minimum Gasteiger partial charge on any atom is -0.366 e. The lowest BCUT2D eigenvalue weighted by Crippen LogP contribution is -2.07. The van der Waals surface area contributed by atoms with E-state index in [2.05, 4.69) is 4.98 Å². The van der Waals surface area contributed by atoms with Gasteiger partial charge in [-0.25, -0.2) is 4.98 Å². The van der Waals surface area contributed by atoms with Crippen LogP contribution in [0, 0.1) is 0 Å². The summed E-state index contributed by atoms with van der Waals surface area (Å²) in [6.07, 6.45) is -1.41. The van der Waals surface area contributed by atoms with Crippen molar-refractivity contribution in [3.63, 3.8) is 0 Å². The van der Waals surface area contributed by atoms with Crippen LogP contribution in [0.1, 0.15) is 11.1 Å². The number of rotatable bonds is 2. The average molecular weight is 251 g/mol. The zero-order valence-electron chi connectivity index (χ0n) is 7.75. The highest BCUT2D eigenvalue weighted by Gasteiger charge is 2.33. The van der Waals surface area contributed by atoms with Gasteiger partial charge in [0.15, 0.2) is 0 Å². The lowest BCUT2D eigenvalue weighted by Gasteiger charge is -2.08. The van der Waals surface area contributed by atoms with Crippen LogP contribution in [0.25, 0.3) is 6.08 Å². The number of primary amides is 1. The quantitative estimate of drug-likeness (QED) is 0.646. The summed E-state index contributed by atoms with van der Waals surface area (Å²) in [6.45, 7) is 0. The van der Waals surface area contributed by atoms with Crippen molar-refractivity contribution < 1.29 is 18.0 Å². The van der Waals surface area contributed by atoms with Crippen LogP contribution in [0.3, 0.4) is 0 Å². The zero-order valence-corrected chi connectivity index (χ0v) is 8.51. The second-order valence-electron chi connectivity index (χ2n) is 2.84. The van der Waals surface area contributed by atoms with Crippen LogP contribution in [0.2, 0.25) is 5.15 Å². The molecule has 0 atom stereocenters. The van der Waals surface area contributed by atoms with Gasteiger partial charge in [0.1, 0.15) is 5.15 Å². The number of alkyl halides is 3. The second-order valence-corrected chi connectivity index (χ2v) is 3.20. The number of nitrogens with zero attached hydrogens (tertiary/aromatic N) is 1. The van der Waals surface area contributed by atoms with Crippen molar-refractivity contribution in [2.75, 3.05) is 0 Å². The van der Waals surface area contributed by atoms with E-state index in [1.807, 2.05) is 0 Å². The third kappa shape index (κ3) is 3.23. The Morgan fingerprint density at radius 2 is 2.12 bits per heavy atom. The van der Waals surface area contributed by atoms with Crippen LogP contribution in [0.4, 0.5) is 13.2 Å². The molecule has 0 radical (unpaired) electrons. The first kappa shape index (κ1) is 12.5. The Balaban J connectivity index is 3.13. The SMILES string of the molecule is NC(=O)C=Cc1cnc(Cl)c(C(F)(F)F)c1. The Morgan fingerprint density at radius 3 is 2.62 bits per heavy atom. The minimum absolute atomic E-state index is 0.0931. The van der Waals surface area contributed by atoms with Crippen LogP contribution in [-0.2, 0) is 11.0 Å². The smallest absolute Gasteiger partial charge is 0.366 e. The summed E-state index contributed by atoms with van der Waals surface area (Å²) in [6, 6.07) is 0.786. The molecule has 1 aromatic heterocycles. The van der Waals surface area contributed by atoms with Crippen LogP contribution in [-0.4, -0.2) is 10.9 Å². The van der Waals surface area contributed by atoms with Gasteiger partial charge >= 0.3 is 6.18 Å². The van der Waals surface area contributed by atoms with E-state index in [9.17, 15) is 18.0 Å². The molecule has 0 unspecified atom stereocenters. The maximum atomic E-state index is 12.4. The predicted molar refractivity (Wildman–Crippen MR) is 52.5 cm³/mol. The molecule has 86 valence electrons. The molecule has 0 aromatic carbocycles. The van der Waals surface area contributed by atoms with Crippen molar-refractivity contribution in [3.05, 3.63) is 34.6 Å². The lowest BCUT2D eigenvalue weighted by atomic mass is 10.2. The van der Waals surface area contributed by atoms with Gasteiger partial charge in [-0.2, -0.15) is 13.2 Å². The fourth-order valence-corrected chi connectivity index (χ4v) is 1.14. The molecule has 3 nitrogen and oxygen atoms in total. The summed E-state index contributed by atoms with van der Waals surface area (Å²) in [5.41, 5.74) is 3.84. The van der Waals surface area contributed by atoms with Crippen LogP contribution in [0.5, 0.6) is 0 Å². The topological polar surface area (TPSA) is 56.0 Å². The summed E-state index contributed by atoms with van der Waals surface area (Å²) >= 11 is 5.30. The van der Waals surface area contributed by atoms with Gasteiger partial charge in [-0.1, -0.05) is 11.6 Å². The maximum Gasteiger partial charge on any atom is 0.419 e. The largest absolute Gasteiger partial charge is 0.419 e. The Hall–Kier alpha value is -1.56. The summed E-state index contributed by atoms with van der Waals surface area (Å²) in [5, 5.41) is -0.635. The molecule has 1 aromatic rings.